The molecule has 0 fully saturated rings. The topological polar surface area (TPSA) is 83.9 Å². The van der Waals surface area contributed by atoms with Gasteiger partial charge in [0.05, 0.1) is 16.1 Å². The summed E-state index contributed by atoms with van der Waals surface area (Å²) in [6.45, 7) is 4.96. The zero-order valence-corrected chi connectivity index (χ0v) is 21.5. The fraction of sp³-hybridized carbons (Fsp3) is 0.296. The first-order valence-electron chi connectivity index (χ1n) is 11.6. The first-order chi connectivity index (χ1) is 17.4. The molecule has 198 valence electrons. The summed E-state index contributed by atoms with van der Waals surface area (Å²) < 4.78 is 73.1. The second-order valence-electron chi connectivity index (χ2n) is 8.57. The molecule has 0 saturated heterocycles. The Morgan fingerprint density at radius 1 is 1.03 bits per heavy atom. The third-order valence-electron chi connectivity index (χ3n) is 5.90. The highest BCUT2D eigenvalue weighted by Crippen LogP contribution is 2.36. The van der Waals surface area contributed by atoms with Crippen LogP contribution in [0, 0.1) is 13.8 Å². The molecule has 0 atom stereocenters. The second kappa shape index (κ2) is 11.2. The van der Waals surface area contributed by atoms with Crippen LogP contribution in [-0.2, 0) is 21.0 Å². The minimum Gasteiger partial charge on any atom is -0.482 e. The number of ether oxygens (including phenoxy) is 1. The highest BCUT2D eigenvalue weighted by atomic mass is 32.2. The summed E-state index contributed by atoms with van der Waals surface area (Å²) in [7, 11) is -4.03. The van der Waals surface area contributed by atoms with Gasteiger partial charge in [0, 0.05) is 6.54 Å². The number of aliphatic carboxylic acids is 1. The molecular formula is C27H28F3NO5S. The monoisotopic (exact) mass is 535 g/mol. The summed E-state index contributed by atoms with van der Waals surface area (Å²) in [5.41, 5.74) is 1.90. The normalized spacial score (nSPS) is 11.8. The summed E-state index contributed by atoms with van der Waals surface area (Å²) in [6, 6.07) is 14.1. The maximum atomic E-state index is 13.8. The first kappa shape index (κ1) is 28.0. The van der Waals surface area contributed by atoms with E-state index in [-0.39, 0.29) is 17.2 Å². The third kappa shape index (κ3) is 6.43. The van der Waals surface area contributed by atoms with Gasteiger partial charge < -0.3 is 9.84 Å². The summed E-state index contributed by atoms with van der Waals surface area (Å²) in [6.07, 6.45) is -3.13. The predicted octanol–water partition coefficient (Wildman–Crippen LogP) is 6.45. The van der Waals surface area contributed by atoms with Crippen molar-refractivity contribution >= 4 is 21.7 Å². The molecule has 0 amide bonds. The molecule has 0 aliphatic carbocycles. The molecule has 0 aliphatic rings. The maximum Gasteiger partial charge on any atom is 0.416 e. The molecule has 3 aromatic carbocycles. The van der Waals surface area contributed by atoms with Crippen molar-refractivity contribution < 1.29 is 36.2 Å². The number of carboxylic acids is 1. The molecule has 3 aromatic rings. The van der Waals surface area contributed by atoms with Crippen LogP contribution in [0.5, 0.6) is 5.75 Å². The minimum absolute atomic E-state index is 0.0168. The smallest absolute Gasteiger partial charge is 0.416 e. The van der Waals surface area contributed by atoms with Crippen LogP contribution in [0.15, 0.2) is 65.6 Å². The highest BCUT2D eigenvalue weighted by Gasteiger charge is 2.30. The van der Waals surface area contributed by atoms with E-state index in [0.717, 1.165) is 18.6 Å². The zero-order chi connectivity index (χ0) is 27.4. The fourth-order valence-electron chi connectivity index (χ4n) is 3.93. The number of unbranched alkanes of at least 4 members (excludes halogenated alkanes) is 1. The third-order valence-corrected chi connectivity index (χ3v) is 7.71. The van der Waals surface area contributed by atoms with E-state index < -0.39 is 34.3 Å². The molecule has 0 heterocycles. The molecule has 10 heteroatoms. The van der Waals surface area contributed by atoms with E-state index >= 15 is 0 Å². The van der Waals surface area contributed by atoms with Gasteiger partial charge in [0.25, 0.3) is 10.0 Å². The quantitative estimate of drug-likeness (QED) is 0.323. The molecular weight excluding hydrogens is 507 g/mol. The Labute approximate surface area is 214 Å². The van der Waals surface area contributed by atoms with E-state index in [1.54, 1.807) is 32.0 Å². The summed E-state index contributed by atoms with van der Waals surface area (Å²) in [5.74, 6) is -0.882. The number of halogens is 3. The lowest BCUT2D eigenvalue weighted by atomic mass is 9.98. The molecule has 0 saturated carbocycles. The number of carboxylic acid groups (broad SMARTS) is 1. The van der Waals surface area contributed by atoms with E-state index in [0.29, 0.717) is 34.4 Å². The van der Waals surface area contributed by atoms with E-state index in [1.165, 1.54) is 34.6 Å². The molecule has 37 heavy (non-hydrogen) atoms. The number of carbonyl (C=O) groups is 1. The Kier molecular flexibility index (Phi) is 8.53. The van der Waals surface area contributed by atoms with Crippen molar-refractivity contribution in [2.24, 2.45) is 0 Å². The molecule has 0 unspecified atom stereocenters. The highest BCUT2D eigenvalue weighted by molar-refractivity contribution is 7.92. The predicted molar refractivity (Wildman–Crippen MR) is 135 cm³/mol. The van der Waals surface area contributed by atoms with Crippen molar-refractivity contribution in [3.05, 3.63) is 77.4 Å². The van der Waals surface area contributed by atoms with Gasteiger partial charge in [0.1, 0.15) is 5.75 Å². The lowest BCUT2D eigenvalue weighted by Crippen LogP contribution is -2.32. The number of benzene rings is 3. The lowest BCUT2D eigenvalue weighted by Gasteiger charge is -2.27. The van der Waals surface area contributed by atoms with Gasteiger partial charge in [-0.3, -0.25) is 4.31 Å². The van der Waals surface area contributed by atoms with Crippen molar-refractivity contribution in [3.8, 4) is 16.9 Å². The molecule has 6 nitrogen and oxygen atoms in total. The number of rotatable bonds is 10. The maximum absolute atomic E-state index is 13.8. The van der Waals surface area contributed by atoms with Crippen LogP contribution in [-0.4, -0.2) is 32.6 Å². The van der Waals surface area contributed by atoms with Gasteiger partial charge in [-0.15, -0.1) is 0 Å². The van der Waals surface area contributed by atoms with Gasteiger partial charge in [-0.25, -0.2) is 13.2 Å². The van der Waals surface area contributed by atoms with Crippen LogP contribution in [0.4, 0.5) is 18.9 Å². The van der Waals surface area contributed by atoms with Crippen molar-refractivity contribution in [1.82, 2.24) is 0 Å². The fourth-order valence-corrected chi connectivity index (χ4v) is 5.57. The van der Waals surface area contributed by atoms with Crippen LogP contribution < -0.4 is 9.04 Å². The summed E-state index contributed by atoms with van der Waals surface area (Å²) in [5, 5.41) is 8.83. The van der Waals surface area contributed by atoms with Crippen LogP contribution in [0.25, 0.3) is 11.1 Å². The Morgan fingerprint density at radius 3 is 2.27 bits per heavy atom. The van der Waals surface area contributed by atoms with Crippen molar-refractivity contribution in [3.63, 3.8) is 0 Å². The Hall–Kier alpha value is -3.53. The number of nitrogens with zero attached hydrogens (tertiary/aromatic N) is 1. The van der Waals surface area contributed by atoms with Crippen LogP contribution >= 0.6 is 0 Å². The van der Waals surface area contributed by atoms with E-state index in [1.807, 2.05) is 6.92 Å². The van der Waals surface area contributed by atoms with Gasteiger partial charge in [-0.05, 0) is 78.9 Å². The number of sulfonamides is 1. The average molecular weight is 536 g/mol. The molecule has 0 bridgehead atoms. The van der Waals surface area contributed by atoms with Gasteiger partial charge >= 0.3 is 12.1 Å². The van der Waals surface area contributed by atoms with Crippen molar-refractivity contribution in [2.45, 2.75) is 44.7 Å². The molecule has 0 aromatic heterocycles. The number of anilines is 1. The SMILES string of the molecule is CCCCN(c1cccc(-c2ccc(C(F)(F)F)cc2)c1C)S(=O)(=O)c1ccc(OCC(=O)O)c(C)c1. The van der Waals surface area contributed by atoms with E-state index in [2.05, 4.69) is 0 Å². The van der Waals surface area contributed by atoms with E-state index in [9.17, 15) is 26.4 Å². The molecule has 0 radical (unpaired) electrons. The number of alkyl halides is 3. The Morgan fingerprint density at radius 2 is 1.70 bits per heavy atom. The van der Waals surface area contributed by atoms with Gasteiger partial charge in [-0.1, -0.05) is 37.6 Å². The van der Waals surface area contributed by atoms with E-state index in [4.69, 9.17) is 9.84 Å². The summed E-state index contributed by atoms with van der Waals surface area (Å²) >= 11 is 0. The zero-order valence-electron chi connectivity index (χ0n) is 20.7. The van der Waals surface area contributed by atoms with Crippen LogP contribution in [0.2, 0.25) is 0 Å². The van der Waals surface area contributed by atoms with Gasteiger partial charge in [-0.2, -0.15) is 13.2 Å². The van der Waals surface area contributed by atoms with Gasteiger partial charge in [0.2, 0.25) is 0 Å². The minimum atomic E-state index is -4.45. The average Bonchev–Trinajstić information content (AvgIpc) is 2.83. The number of hydrogen-bond acceptors (Lipinski definition) is 4. The van der Waals surface area contributed by atoms with Crippen molar-refractivity contribution in [1.29, 1.82) is 0 Å². The molecule has 0 aliphatic heterocycles. The second-order valence-corrected chi connectivity index (χ2v) is 10.4. The molecule has 0 spiro atoms. The largest absolute Gasteiger partial charge is 0.482 e. The Bertz CT molecular complexity index is 1370. The number of aryl methyl sites for hydroxylation is 1. The molecule has 1 N–H and O–H groups in total. The summed E-state index contributed by atoms with van der Waals surface area (Å²) in [4.78, 5) is 10.8. The lowest BCUT2D eigenvalue weighted by molar-refractivity contribution is -0.139. The standard InChI is InChI=1S/C27H28F3NO5S/c1-4-5-15-31(37(34,35)22-13-14-25(18(2)16-22)36-17-26(32)33)24-8-6-7-23(19(24)3)20-9-11-21(12-10-20)27(28,29)30/h6-14,16H,4-5,15,17H2,1-3H3,(H,32,33). The van der Waals surface area contributed by atoms with Crippen LogP contribution in [0.3, 0.4) is 0 Å². The molecule has 3 rings (SSSR count). The first-order valence-corrected chi connectivity index (χ1v) is 13.1. The Balaban J connectivity index is 2.04. The number of hydrogen-bond donors (Lipinski definition) is 1. The van der Waals surface area contributed by atoms with Gasteiger partial charge in [0.15, 0.2) is 6.61 Å². The van der Waals surface area contributed by atoms with Crippen molar-refractivity contribution in [2.75, 3.05) is 17.5 Å². The van der Waals surface area contributed by atoms with Crippen LogP contribution in [0.1, 0.15) is 36.5 Å².